The van der Waals surface area contributed by atoms with Gasteiger partial charge < -0.3 is 5.11 Å². The Hall–Kier alpha value is -2.60. The van der Waals surface area contributed by atoms with Gasteiger partial charge in [-0.3, -0.25) is 4.79 Å². The fraction of sp³-hybridized carbons (Fsp3) is 0. The molecule has 1 heterocycles. The minimum absolute atomic E-state index is 0.0926. The summed E-state index contributed by atoms with van der Waals surface area (Å²) < 4.78 is 28.5. The lowest BCUT2D eigenvalue weighted by atomic mass is 10.1. The normalized spacial score (nSPS) is 12.5. The van der Waals surface area contributed by atoms with Gasteiger partial charge in [0.15, 0.2) is 0 Å². The number of thiophene rings is 1. The van der Waals surface area contributed by atoms with Crippen LogP contribution in [0.15, 0.2) is 54.1 Å². The van der Waals surface area contributed by atoms with Crippen molar-refractivity contribution in [2.75, 3.05) is 0 Å². The van der Waals surface area contributed by atoms with E-state index in [-0.39, 0.29) is 5.56 Å². The van der Waals surface area contributed by atoms with Gasteiger partial charge in [-0.15, -0.1) is 11.3 Å². The third kappa shape index (κ3) is 2.27. The number of rotatable bonds is 3. The average molecular weight is 318 g/mol. The van der Waals surface area contributed by atoms with Gasteiger partial charge in [0.2, 0.25) is 17.4 Å². The highest BCUT2D eigenvalue weighted by molar-refractivity contribution is 7.25. The SMILES string of the molecule is O=C(O)/C(F)=C(\F)C(=O)c1ccc2sc3ccccc3c2c1. The minimum atomic E-state index is -2.10. The van der Waals surface area contributed by atoms with Crippen LogP contribution in [0.25, 0.3) is 20.2 Å². The number of allylic oxidation sites excluding steroid dienone is 1. The number of Topliss-reactive ketones (excluding diaryl/α,β-unsaturated/α-hetero) is 1. The van der Waals surface area contributed by atoms with E-state index < -0.39 is 23.4 Å². The molecule has 0 aliphatic carbocycles. The number of carboxylic acids is 1. The Morgan fingerprint density at radius 3 is 2.32 bits per heavy atom. The second-order valence-corrected chi connectivity index (χ2v) is 5.66. The third-order valence-electron chi connectivity index (χ3n) is 3.22. The summed E-state index contributed by atoms with van der Waals surface area (Å²) in [5.41, 5.74) is -0.0926. The predicted octanol–water partition coefficient (Wildman–Crippen LogP) is 4.47. The van der Waals surface area contributed by atoms with E-state index in [1.54, 1.807) is 6.07 Å². The minimum Gasteiger partial charge on any atom is -0.476 e. The number of hydrogen-bond donors (Lipinski definition) is 1. The summed E-state index contributed by atoms with van der Waals surface area (Å²) in [7, 11) is 0. The second-order valence-electron chi connectivity index (χ2n) is 4.57. The van der Waals surface area contributed by atoms with E-state index in [9.17, 15) is 18.4 Å². The topological polar surface area (TPSA) is 54.4 Å². The lowest BCUT2D eigenvalue weighted by Gasteiger charge is -2.00. The molecule has 3 nitrogen and oxygen atoms in total. The number of carboxylic acid groups (broad SMARTS) is 1. The molecule has 0 amide bonds. The molecule has 0 spiro atoms. The molecule has 0 bridgehead atoms. The van der Waals surface area contributed by atoms with Gasteiger partial charge in [-0.05, 0) is 24.3 Å². The molecule has 3 rings (SSSR count). The van der Waals surface area contributed by atoms with Crippen LogP contribution in [0.3, 0.4) is 0 Å². The van der Waals surface area contributed by atoms with E-state index in [0.29, 0.717) is 0 Å². The fourth-order valence-electron chi connectivity index (χ4n) is 2.19. The van der Waals surface area contributed by atoms with Crippen molar-refractivity contribution in [1.29, 1.82) is 0 Å². The Bertz CT molecular complexity index is 956. The zero-order chi connectivity index (χ0) is 15.9. The molecule has 1 N–H and O–H groups in total. The Morgan fingerprint density at radius 2 is 1.59 bits per heavy atom. The highest BCUT2D eigenvalue weighted by atomic mass is 32.1. The monoisotopic (exact) mass is 318 g/mol. The molecule has 0 fully saturated rings. The van der Waals surface area contributed by atoms with Crippen LogP contribution in [-0.4, -0.2) is 16.9 Å². The molecule has 0 radical (unpaired) electrons. The predicted molar refractivity (Wildman–Crippen MR) is 80.5 cm³/mol. The van der Waals surface area contributed by atoms with Gasteiger partial charge in [-0.1, -0.05) is 18.2 Å². The molecule has 6 heteroatoms. The van der Waals surface area contributed by atoms with Crippen molar-refractivity contribution >= 4 is 43.3 Å². The molecule has 3 aromatic rings. The summed E-state index contributed by atoms with van der Waals surface area (Å²) in [4.78, 5) is 22.3. The van der Waals surface area contributed by atoms with Crippen LogP contribution >= 0.6 is 11.3 Å². The van der Waals surface area contributed by atoms with Gasteiger partial charge >= 0.3 is 5.97 Å². The van der Waals surface area contributed by atoms with E-state index in [1.807, 2.05) is 24.3 Å². The quantitative estimate of drug-likeness (QED) is 0.572. The number of halogens is 2. The zero-order valence-corrected chi connectivity index (χ0v) is 11.8. The highest BCUT2D eigenvalue weighted by Crippen LogP contribution is 2.34. The van der Waals surface area contributed by atoms with Crippen molar-refractivity contribution < 1.29 is 23.5 Å². The molecular weight excluding hydrogens is 310 g/mol. The van der Waals surface area contributed by atoms with E-state index in [4.69, 9.17) is 5.11 Å². The molecular formula is C16H8F2O3S. The van der Waals surface area contributed by atoms with Gasteiger partial charge in [-0.2, -0.15) is 8.78 Å². The van der Waals surface area contributed by atoms with Crippen LogP contribution < -0.4 is 0 Å². The number of hydrogen-bond acceptors (Lipinski definition) is 3. The lowest BCUT2D eigenvalue weighted by Crippen LogP contribution is -2.06. The smallest absolute Gasteiger partial charge is 0.368 e. The number of benzene rings is 2. The van der Waals surface area contributed by atoms with Gasteiger partial charge in [0.05, 0.1) is 0 Å². The van der Waals surface area contributed by atoms with Crippen LogP contribution in [0.2, 0.25) is 0 Å². The number of carbonyl (C=O) groups excluding carboxylic acids is 1. The summed E-state index contributed by atoms with van der Waals surface area (Å²) in [6, 6.07) is 12.0. The number of fused-ring (bicyclic) bond motifs is 3. The molecule has 0 unspecified atom stereocenters. The molecule has 2 aromatic carbocycles. The summed E-state index contributed by atoms with van der Waals surface area (Å²) in [6.07, 6.45) is 0. The highest BCUT2D eigenvalue weighted by Gasteiger charge is 2.22. The van der Waals surface area contributed by atoms with Crippen LogP contribution in [0.5, 0.6) is 0 Å². The van der Waals surface area contributed by atoms with E-state index in [0.717, 1.165) is 20.2 Å². The maximum atomic E-state index is 13.5. The first-order valence-corrected chi connectivity index (χ1v) is 7.05. The van der Waals surface area contributed by atoms with Crippen LogP contribution in [0.1, 0.15) is 10.4 Å². The van der Waals surface area contributed by atoms with Crippen LogP contribution in [0, 0.1) is 0 Å². The maximum Gasteiger partial charge on any atom is 0.368 e. The van der Waals surface area contributed by atoms with Crippen molar-refractivity contribution in [2.45, 2.75) is 0 Å². The van der Waals surface area contributed by atoms with Crippen LogP contribution in [0.4, 0.5) is 8.78 Å². The molecule has 0 aliphatic rings. The number of ketones is 1. The standard InChI is InChI=1S/C16H8F2O3S/c17-13(14(18)16(20)21)15(19)8-5-6-12-10(7-8)9-3-1-2-4-11(9)22-12/h1-7H,(H,20,21)/b14-13+. The van der Waals surface area contributed by atoms with E-state index in [1.165, 1.54) is 23.5 Å². The zero-order valence-electron chi connectivity index (χ0n) is 11.0. The van der Waals surface area contributed by atoms with Crippen molar-refractivity contribution in [1.82, 2.24) is 0 Å². The molecule has 110 valence electrons. The van der Waals surface area contributed by atoms with Crippen molar-refractivity contribution in [2.24, 2.45) is 0 Å². The molecule has 0 saturated carbocycles. The molecule has 0 aliphatic heterocycles. The molecule has 0 atom stereocenters. The largest absolute Gasteiger partial charge is 0.476 e. The summed E-state index contributed by atoms with van der Waals surface area (Å²) >= 11 is 1.52. The Balaban J connectivity index is 2.16. The number of aliphatic carboxylic acids is 1. The molecule has 1 aromatic heterocycles. The first-order valence-electron chi connectivity index (χ1n) is 6.23. The van der Waals surface area contributed by atoms with Gasteiger partial charge in [0.25, 0.3) is 0 Å². The van der Waals surface area contributed by atoms with E-state index in [2.05, 4.69) is 0 Å². The first kappa shape index (κ1) is 14.3. The van der Waals surface area contributed by atoms with Gasteiger partial charge in [0, 0.05) is 25.7 Å². The van der Waals surface area contributed by atoms with E-state index >= 15 is 0 Å². The Labute approximate surface area is 127 Å². The summed E-state index contributed by atoms with van der Waals surface area (Å²) in [5.74, 6) is -7.36. The summed E-state index contributed by atoms with van der Waals surface area (Å²) in [6.45, 7) is 0. The molecule has 22 heavy (non-hydrogen) atoms. The van der Waals surface area contributed by atoms with Gasteiger partial charge in [-0.25, -0.2) is 4.79 Å². The number of carbonyl (C=O) groups is 2. The van der Waals surface area contributed by atoms with Crippen molar-refractivity contribution in [3.05, 3.63) is 59.7 Å². The van der Waals surface area contributed by atoms with Crippen molar-refractivity contribution in [3.63, 3.8) is 0 Å². The third-order valence-corrected chi connectivity index (χ3v) is 4.37. The first-order chi connectivity index (χ1) is 10.5. The fourth-order valence-corrected chi connectivity index (χ4v) is 3.27. The van der Waals surface area contributed by atoms with Crippen LogP contribution in [-0.2, 0) is 4.79 Å². The Morgan fingerprint density at radius 1 is 0.909 bits per heavy atom. The van der Waals surface area contributed by atoms with Crippen molar-refractivity contribution in [3.8, 4) is 0 Å². The maximum absolute atomic E-state index is 13.5. The molecule has 0 saturated heterocycles. The summed E-state index contributed by atoms with van der Waals surface area (Å²) in [5, 5.41) is 10.1. The lowest BCUT2D eigenvalue weighted by molar-refractivity contribution is -0.134. The van der Waals surface area contributed by atoms with Gasteiger partial charge in [0.1, 0.15) is 0 Å². The second kappa shape index (κ2) is 5.31. The average Bonchev–Trinajstić information content (AvgIpc) is 2.90. The Kier molecular flexibility index (Phi) is 3.46.